The maximum atomic E-state index is 14.9. The molecule has 2 aromatic carbocycles. The second kappa shape index (κ2) is 9.64. The largest absolute Gasteiger partial charge is 0.490 e. The van der Waals surface area contributed by atoms with Crippen LogP contribution in [0.4, 0.5) is 23.7 Å². The van der Waals surface area contributed by atoms with Crippen LogP contribution in [0.2, 0.25) is 5.02 Å². The van der Waals surface area contributed by atoms with Crippen molar-refractivity contribution in [1.82, 2.24) is 10.3 Å². The molecule has 0 spiro atoms. The van der Waals surface area contributed by atoms with Gasteiger partial charge in [0.25, 0.3) is 5.91 Å². The van der Waals surface area contributed by atoms with Crippen molar-refractivity contribution in [3.63, 3.8) is 0 Å². The average Bonchev–Trinajstić information content (AvgIpc) is 3.61. The van der Waals surface area contributed by atoms with E-state index in [-0.39, 0.29) is 46.3 Å². The van der Waals surface area contributed by atoms with E-state index < -0.39 is 41.0 Å². The molecular weight excluding hydrogens is 477 g/mol. The minimum Gasteiger partial charge on any atom is -0.490 e. The number of nitrogens with one attached hydrogen (secondary N) is 2. The van der Waals surface area contributed by atoms with Crippen LogP contribution in [0, 0.1) is 11.6 Å². The number of carbonyl (C=O) groups excluding carboxylic acids is 2. The zero-order chi connectivity index (χ0) is 24.4. The number of aromatic nitrogens is 1. The van der Waals surface area contributed by atoms with Gasteiger partial charge in [0.05, 0.1) is 16.8 Å². The fourth-order valence-electron chi connectivity index (χ4n) is 3.14. The highest BCUT2D eigenvalue weighted by Crippen LogP contribution is 2.39. The molecule has 1 aliphatic rings. The molecule has 1 aromatic heterocycles. The summed E-state index contributed by atoms with van der Waals surface area (Å²) < 4.78 is 52.9. The molecule has 34 heavy (non-hydrogen) atoms. The Morgan fingerprint density at radius 3 is 2.65 bits per heavy atom. The predicted molar refractivity (Wildman–Crippen MR) is 118 cm³/mol. The number of amides is 3. The lowest BCUT2D eigenvalue weighted by molar-refractivity contribution is 0.0996. The fourth-order valence-corrected chi connectivity index (χ4v) is 3.33. The Morgan fingerprint density at radius 2 is 1.97 bits per heavy atom. The number of fused-ring (bicyclic) bond motifs is 1. The summed E-state index contributed by atoms with van der Waals surface area (Å²) in [4.78, 5) is 27.9. The maximum absolute atomic E-state index is 14.9. The summed E-state index contributed by atoms with van der Waals surface area (Å²) in [5.74, 6) is -4.14. The number of carbonyl (C=O) groups is 2. The number of rotatable bonds is 8. The first-order valence-electron chi connectivity index (χ1n) is 10.1. The molecule has 4 rings (SSSR count). The van der Waals surface area contributed by atoms with Crippen molar-refractivity contribution in [3.8, 4) is 17.2 Å². The molecule has 1 aliphatic carbocycles. The number of primary amides is 1. The van der Waals surface area contributed by atoms with Gasteiger partial charge < -0.3 is 25.8 Å². The first kappa shape index (κ1) is 23.4. The lowest BCUT2D eigenvalue weighted by Crippen LogP contribution is -2.30. The number of ether oxygens (including phenoxy) is 2. The van der Waals surface area contributed by atoms with Gasteiger partial charge in [0.1, 0.15) is 29.8 Å². The number of halogens is 4. The Kier molecular flexibility index (Phi) is 6.64. The van der Waals surface area contributed by atoms with Crippen molar-refractivity contribution < 1.29 is 32.2 Å². The molecule has 0 unspecified atom stereocenters. The first-order valence-corrected chi connectivity index (χ1v) is 10.5. The molecule has 3 aromatic rings. The Hall–Kier alpha value is -3.73. The number of hydrogen-bond acceptors (Lipinski definition) is 5. The van der Waals surface area contributed by atoms with Gasteiger partial charge in [-0.25, -0.2) is 18.0 Å². The number of alkyl halides is 1. The number of nitrogens with two attached hydrogens (primary N) is 1. The van der Waals surface area contributed by atoms with E-state index in [1.165, 1.54) is 24.4 Å². The molecule has 0 atom stereocenters. The normalized spacial score (nSPS) is 12.9. The molecule has 1 saturated carbocycles. The van der Waals surface area contributed by atoms with Crippen molar-refractivity contribution in [2.24, 2.45) is 5.73 Å². The van der Waals surface area contributed by atoms with Gasteiger partial charge in [0.15, 0.2) is 17.4 Å². The minimum atomic E-state index is -1.24. The number of benzene rings is 2. The summed E-state index contributed by atoms with van der Waals surface area (Å²) in [5, 5.41) is 4.55. The molecule has 0 aliphatic heterocycles. The molecular formula is C22H18ClF3N4O4. The second-order valence-corrected chi connectivity index (χ2v) is 7.79. The van der Waals surface area contributed by atoms with Gasteiger partial charge >= 0.3 is 6.03 Å². The topological polar surface area (TPSA) is 116 Å². The van der Waals surface area contributed by atoms with Crippen molar-refractivity contribution in [2.45, 2.75) is 18.9 Å². The molecule has 1 heterocycles. The maximum Gasteiger partial charge on any atom is 0.319 e. The van der Waals surface area contributed by atoms with Crippen molar-refractivity contribution in [3.05, 3.63) is 52.7 Å². The van der Waals surface area contributed by atoms with Gasteiger partial charge in [0, 0.05) is 29.8 Å². The SMILES string of the molecule is NC(=O)c1cc2c(Oc3c(F)cc(NC(=O)NC4CC4)c(Cl)c3F)ccnc2cc1OCCF. The van der Waals surface area contributed by atoms with Crippen LogP contribution >= 0.6 is 11.6 Å². The molecule has 4 N–H and O–H groups in total. The number of hydrogen-bond donors (Lipinski definition) is 3. The van der Waals surface area contributed by atoms with E-state index in [2.05, 4.69) is 15.6 Å². The van der Waals surface area contributed by atoms with Gasteiger partial charge in [-0.3, -0.25) is 9.78 Å². The van der Waals surface area contributed by atoms with Crippen LogP contribution in [-0.4, -0.2) is 36.2 Å². The zero-order valence-corrected chi connectivity index (χ0v) is 18.2. The van der Waals surface area contributed by atoms with E-state index in [4.69, 9.17) is 26.8 Å². The predicted octanol–water partition coefficient (Wildman–Crippen LogP) is 4.69. The third kappa shape index (κ3) is 4.93. The summed E-state index contributed by atoms with van der Waals surface area (Å²) in [5.41, 5.74) is 5.25. The van der Waals surface area contributed by atoms with Crippen LogP contribution in [0.25, 0.3) is 10.9 Å². The van der Waals surface area contributed by atoms with Gasteiger partial charge in [-0.15, -0.1) is 0 Å². The zero-order valence-electron chi connectivity index (χ0n) is 17.5. The standard InChI is InChI=1S/C22H18ClF3N4O4/c23-18-15(30-22(32)29-10-1-2-10)8-13(25)20(19(18)26)34-16-3-5-28-14-9-17(33-6-4-24)12(21(27)31)7-11(14)16/h3,5,7-10H,1-2,4,6H2,(H2,27,31)(H2,29,30,32). The Balaban J connectivity index is 1.69. The summed E-state index contributed by atoms with van der Waals surface area (Å²) in [6.45, 7) is -1.10. The summed E-state index contributed by atoms with van der Waals surface area (Å²) in [6.07, 6.45) is 2.96. The summed E-state index contributed by atoms with van der Waals surface area (Å²) in [7, 11) is 0. The van der Waals surface area contributed by atoms with Gasteiger partial charge in [-0.1, -0.05) is 11.6 Å². The highest BCUT2D eigenvalue weighted by molar-refractivity contribution is 6.34. The third-order valence-corrected chi connectivity index (χ3v) is 5.26. The Morgan fingerprint density at radius 1 is 1.21 bits per heavy atom. The molecule has 8 nitrogen and oxygen atoms in total. The molecule has 0 saturated heterocycles. The van der Waals surface area contributed by atoms with Crippen LogP contribution in [0.5, 0.6) is 17.2 Å². The minimum absolute atomic E-state index is 0.00241. The van der Waals surface area contributed by atoms with E-state index in [1.54, 1.807) is 0 Å². The van der Waals surface area contributed by atoms with E-state index in [0.29, 0.717) is 0 Å². The highest BCUT2D eigenvalue weighted by atomic mass is 35.5. The first-order chi connectivity index (χ1) is 16.3. The lowest BCUT2D eigenvalue weighted by Gasteiger charge is -2.15. The second-order valence-electron chi connectivity index (χ2n) is 7.41. The van der Waals surface area contributed by atoms with Crippen molar-refractivity contribution >= 4 is 40.1 Å². The van der Waals surface area contributed by atoms with Crippen LogP contribution in [0.1, 0.15) is 23.2 Å². The Bertz CT molecular complexity index is 1290. The van der Waals surface area contributed by atoms with Crippen LogP contribution in [0.3, 0.4) is 0 Å². The quantitative estimate of drug-likeness (QED) is 0.393. The molecule has 178 valence electrons. The number of pyridine rings is 1. The Labute approximate surface area is 196 Å². The van der Waals surface area contributed by atoms with Crippen LogP contribution in [-0.2, 0) is 0 Å². The van der Waals surface area contributed by atoms with Gasteiger partial charge in [-0.05, 0) is 25.0 Å². The van der Waals surface area contributed by atoms with E-state index >= 15 is 0 Å². The van der Waals surface area contributed by atoms with E-state index in [1.807, 2.05) is 0 Å². The number of urea groups is 1. The third-order valence-electron chi connectivity index (χ3n) is 4.89. The number of nitrogens with zero attached hydrogens (tertiary/aromatic N) is 1. The molecule has 1 fully saturated rings. The number of anilines is 1. The monoisotopic (exact) mass is 494 g/mol. The smallest absolute Gasteiger partial charge is 0.319 e. The summed E-state index contributed by atoms with van der Waals surface area (Å²) in [6, 6.07) is 4.14. The van der Waals surface area contributed by atoms with Crippen molar-refractivity contribution in [1.29, 1.82) is 0 Å². The van der Waals surface area contributed by atoms with Crippen LogP contribution < -0.4 is 25.8 Å². The van der Waals surface area contributed by atoms with Gasteiger partial charge in [-0.2, -0.15) is 0 Å². The molecule has 12 heteroatoms. The molecule has 3 amide bonds. The van der Waals surface area contributed by atoms with E-state index in [9.17, 15) is 22.8 Å². The van der Waals surface area contributed by atoms with Crippen LogP contribution in [0.15, 0.2) is 30.5 Å². The average molecular weight is 495 g/mol. The van der Waals surface area contributed by atoms with Crippen molar-refractivity contribution in [2.75, 3.05) is 18.6 Å². The summed E-state index contributed by atoms with van der Waals surface area (Å²) >= 11 is 6.00. The lowest BCUT2D eigenvalue weighted by atomic mass is 10.1. The van der Waals surface area contributed by atoms with Gasteiger partial charge in [0.2, 0.25) is 0 Å². The van der Waals surface area contributed by atoms with E-state index in [0.717, 1.165) is 18.9 Å². The molecule has 0 radical (unpaired) electrons. The fraction of sp³-hybridized carbons (Fsp3) is 0.227. The molecule has 0 bridgehead atoms. The highest BCUT2D eigenvalue weighted by Gasteiger charge is 2.25.